The van der Waals surface area contributed by atoms with Crippen molar-refractivity contribution in [3.8, 4) is 12.3 Å². The fourth-order valence-corrected chi connectivity index (χ4v) is 2.73. The van der Waals surface area contributed by atoms with Crippen LogP contribution in [0.15, 0.2) is 24.3 Å². The highest BCUT2D eigenvalue weighted by Gasteiger charge is 2.23. The second kappa shape index (κ2) is 5.40. The average Bonchev–Trinajstić information content (AvgIpc) is 2.85. The molecule has 0 aliphatic carbocycles. The zero-order chi connectivity index (χ0) is 13.9. The number of aromatic nitrogens is 1. The van der Waals surface area contributed by atoms with E-state index in [4.69, 9.17) is 6.42 Å². The van der Waals surface area contributed by atoms with Crippen LogP contribution in [0.3, 0.4) is 0 Å². The van der Waals surface area contributed by atoms with Gasteiger partial charge in [0.2, 0.25) is 5.91 Å². The predicted molar refractivity (Wildman–Crippen MR) is 79.1 cm³/mol. The van der Waals surface area contributed by atoms with Gasteiger partial charge in [0.25, 0.3) is 0 Å². The molecule has 3 rings (SSSR count). The van der Waals surface area contributed by atoms with Crippen molar-refractivity contribution in [2.24, 2.45) is 0 Å². The minimum Gasteiger partial charge on any atom is -0.358 e. The van der Waals surface area contributed by atoms with Gasteiger partial charge in [-0.05, 0) is 6.07 Å². The van der Waals surface area contributed by atoms with Crippen molar-refractivity contribution in [1.29, 1.82) is 0 Å². The van der Waals surface area contributed by atoms with E-state index in [2.05, 4.69) is 28.4 Å². The number of hydrogen-bond donors (Lipinski definition) is 2. The van der Waals surface area contributed by atoms with Gasteiger partial charge in [-0.2, -0.15) is 0 Å². The van der Waals surface area contributed by atoms with Gasteiger partial charge >= 0.3 is 0 Å². The highest BCUT2D eigenvalue weighted by molar-refractivity contribution is 5.86. The van der Waals surface area contributed by atoms with Crippen LogP contribution in [0.5, 0.6) is 0 Å². The third-order valence-corrected chi connectivity index (χ3v) is 3.74. The minimum atomic E-state index is 0.108. The summed E-state index contributed by atoms with van der Waals surface area (Å²) in [6.07, 6.45) is 6.04. The number of fused-ring (bicyclic) bond motifs is 3. The zero-order valence-electron chi connectivity index (χ0n) is 11.3. The summed E-state index contributed by atoms with van der Waals surface area (Å²) in [5, 5.41) is 4.17. The van der Waals surface area contributed by atoms with Gasteiger partial charge in [-0.1, -0.05) is 24.1 Å². The molecule has 0 saturated carbocycles. The van der Waals surface area contributed by atoms with Crippen molar-refractivity contribution < 1.29 is 4.79 Å². The molecule has 1 aliphatic heterocycles. The summed E-state index contributed by atoms with van der Waals surface area (Å²) >= 11 is 0. The molecule has 1 aromatic carbocycles. The van der Waals surface area contributed by atoms with Gasteiger partial charge < -0.3 is 9.88 Å². The number of carbonyl (C=O) groups is 1. The van der Waals surface area contributed by atoms with E-state index >= 15 is 0 Å². The standard InChI is InChI=1S/C16H17N3O/c1-2-8-17-10-16(20)19-9-7-15-13(11-19)12-5-3-4-6-14(12)18-15/h1,3-6,17-18H,7-11H2. The van der Waals surface area contributed by atoms with Crippen molar-refractivity contribution >= 4 is 16.8 Å². The molecule has 4 heteroatoms. The van der Waals surface area contributed by atoms with E-state index in [9.17, 15) is 4.79 Å². The van der Waals surface area contributed by atoms with Crippen molar-refractivity contribution in [1.82, 2.24) is 15.2 Å². The molecule has 0 radical (unpaired) electrons. The Balaban J connectivity index is 1.78. The lowest BCUT2D eigenvalue weighted by Crippen LogP contribution is -2.41. The van der Waals surface area contributed by atoms with Crippen LogP contribution in [0.2, 0.25) is 0 Å². The molecule has 102 valence electrons. The van der Waals surface area contributed by atoms with Gasteiger partial charge in [-0.25, -0.2) is 0 Å². The van der Waals surface area contributed by atoms with Crippen LogP contribution in [-0.2, 0) is 17.8 Å². The van der Waals surface area contributed by atoms with E-state index < -0.39 is 0 Å². The largest absolute Gasteiger partial charge is 0.358 e. The fraction of sp³-hybridized carbons (Fsp3) is 0.312. The summed E-state index contributed by atoms with van der Waals surface area (Å²) in [7, 11) is 0. The Kier molecular flexibility index (Phi) is 3.44. The first-order valence-corrected chi connectivity index (χ1v) is 6.80. The maximum absolute atomic E-state index is 12.1. The molecule has 2 N–H and O–H groups in total. The number of hydrogen-bond acceptors (Lipinski definition) is 2. The number of terminal acetylenes is 1. The van der Waals surface area contributed by atoms with Gasteiger partial charge in [-0.15, -0.1) is 6.42 Å². The molecular formula is C16H17N3O. The van der Waals surface area contributed by atoms with Crippen LogP contribution < -0.4 is 5.32 Å². The Morgan fingerprint density at radius 1 is 1.45 bits per heavy atom. The third-order valence-electron chi connectivity index (χ3n) is 3.74. The lowest BCUT2D eigenvalue weighted by Gasteiger charge is -2.27. The second-order valence-electron chi connectivity index (χ2n) is 5.00. The molecule has 2 aromatic rings. The molecule has 20 heavy (non-hydrogen) atoms. The number of aromatic amines is 1. The summed E-state index contributed by atoms with van der Waals surface area (Å²) in [5.74, 6) is 2.58. The Bertz CT molecular complexity index is 681. The molecule has 4 nitrogen and oxygen atoms in total. The molecule has 0 fully saturated rings. The first-order chi connectivity index (χ1) is 9.79. The smallest absolute Gasteiger partial charge is 0.236 e. The van der Waals surface area contributed by atoms with Crippen LogP contribution in [0.4, 0.5) is 0 Å². The zero-order valence-corrected chi connectivity index (χ0v) is 11.3. The predicted octanol–water partition coefficient (Wildman–Crippen LogP) is 1.28. The van der Waals surface area contributed by atoms with Crippen LogP contribution in [0.1, 0.15) is 11.3 Å². The van der Waals surface area contributed by atoms with Gasteiger partial charge in [0, 0.05) is 41.7 Å². The topological polar surface area (TPSA) is 48.1 Å². The number of nitrogens with zero attached hydrogens (tertiary/aromatic N) is 1. The number of amides is 1. The number of para-hydroxylation sites is 1. The fourth-order valence-electron chi connectivity index (χ4n) is 2.73. The number of H-pyrrole nitrogens is 1. The highest BCUT2D eigenvalue weighted by Crippen LogP contribution is 2.27. The van der Waals surface area contributed by atoms with E-state index in [1.807, 2.05) is 17.0 Å². The van der Waals surface area contributed by atoms with Crippen molar-refractivity contribution in [3.05, 3.63) is 35.5 Å². The summed E-state index contributed by atoms with van der Waals surface area (Å²) < 4.78 is 0. The van der Waals surface area contributed by atoms with E-state index in [1.54, 1.807) is 0 Å². The first-order valence-electron chi connectivity index (χ1n) is 6.80. The number of rotatable bonds is 3. The number of benzene rings is 1. The van der Waals surface area contributed by atoms with Crippen LogP contribution in [0, 0.1) is 12.3 Å². The molecule has 0 spiro atoms. The summed E-state index contributed by atoms with van der Waals surface area (Å²) in [5.41, 5.74) is 3.65. The Hall–Kier alpha value is -2.25. The Labute approximate surface area is 118 Å². The van der Waals surface area contributed by atoms with Gasteiger partial charge in [-0.3, -0.25) is 10.1 Å². The molecule has 1 aliphatic rings. The minimum absolute atomic E-state index is 0.108. The Morgan fingerprint density at radius 2 is 2.30 bits per heavy atom. The average molecular weight is 267 g/mol. The summed E-state index contributed by atoms with van der Waals surface area (Å²) in [4.78, 5) is 17.5. The molecular weight excluding hydrogens is 250 g/mol. The molecule has 1 aromatic heterocycles. The normalized spacial score (nSPS) is 14.1. The van der Waals surface area contributed by atoms with Gasteiger partial charge in [0.15, 0.2) is 0 Å². The van der Waals surface area contributed by atoms with Crippen LogP contribution in [-0.4, -0.2) is 35.4 Å². The number of nitrogens with one attached hydrogen (secondary N) is 2. The number of carbonyl (C=O) groups excluding carboxylic acids is 1. The second-order valence-corrected chi connectivity index (χ2v) is 5.00. The lowest BCUT2D eigenvalue weighted by molar-refractivity contribution is -0.131. The summed E-state index contributed by atoms with van der Waals surface area (Å²) in [6, 6.07) is 8.24. The van der Waals surface area contributed by atoms with Crippen molar-refractivity contribution in [2.45, 2.75) is 13.0 Å². The maximum atomic E-state index is 12.1. The van der Waals surface area contributed by atoms with Crippen molar-refractivity contribution in [2.75, 3.05) is 19.6 Å². The van der Waals surface area contributed by atoms with Gasteiger partial charge in [0.1, 0.15) is 0 Å². The van der Waals surface area contributed by atoms with Gasteiger partial charge in [0.05, 0.1) is 13.1 Å². The van der Waals surface area contributed by atoms with E-state index in [1.165, 1.54) is 16.6 Å². The monoisotopic (exact) mass is 267 g/mol. The first kappa shape index (κ1) is 12.8. The quantitative estimate of drug-likeness (QED) is 0.650. The highest BCUT2D eigenvalue weighted by atomic mass is 16.2. The molecule has 1 amide bonds. The Morgan fingerprint density at radius 3 is 3.15 bits per heavy atom. The molecule has 0 bridgehead atoms. The SMILES string of the molecule is C#CCNCC(=O)N1CCc2[nH]c3ccccc3c2C1. The van der Waals surface area contributed by atoms with Crippen LogP contribution >= 0.6 is 0 Å². The van der Waals surface area contributed by atoms with E-state index in [-0.39, 0.29) is 5.91 Å². The van der Waals surface area contributed by atoms with Crippen molar-refractivity contribution in [3.63, 3.8) is 0 Å². The maximum Gasteiger partial charge on any atom is 0.236 e. The molecule has 0 unspecified atom stereocenters. The van der Waals surface area contributed by atoms with E-state index in [0.29, 0.717) is 19.6 Å². The summed E-state index contributed by atoms with van der Waals surface area (Å²) in [6.45, 7) is 2.17. The van der Waals surface area contributed by atoms with E-state index in [0.717, 1.165) is 18.5 Å². The molecule has 2 heterocycles. The lowest BCUT2D eigenvalue weighted by atomic mass is 10.0. The molecule has 0 saturated heterocycles. The molecule has 0 atom stereocenters. The van der Waals surface area contributed by atoms with Crippen LogP contribution in [0.25, 0.3) is 10.9 Å². The third kappa shape index (κ3) is 2.28.